The molecule has 0 atom stereocenters. The van der Waals surface area contributed by atoms with E-state index in [0.717, 1.165) is 26.2 Å². The second-order valence-electron chi connectivity index (χ2n) is 5.05. The molecule has 0 spiro atoms. The van der Waals surface area contributed by atoms with Crippen molar-refractivity contribution in [1.82, 2.24) is 5.32 Å². The molecule has 1 heterocycles. The Labute approximate surface area is 127 Å². The van der Waals surface area contributed by atoms with Crippen LogP contribution in [-0.2, 0) is 0 Å². The molecule has 1 fully saturated rings. The molecule has 1 N–H and O–H groups in total. The molecule has 0 bridgehead atoms. The van der Waals surface area contributed by atoms with Crippen molar-refractivity contribution in [2.24, 2.45) is 0 Å². The molecule has 1 aliphatic heterocycles. The fourth-order valence-electron chi connectivity index (χ4n) is 2.58. The number of nitrogens with zero attached hydrogens (tertiary/aromatic N) is 1. The number of hydrogen-bond acceptors (Lipinski definition) is 2. The summed E-state index contributed by atoms with van der Waals surface area (Å²) in [6.45, 7) is 6.68. The summed E-state index contributed by atoms with van der Waals surface area (Å²) >= 11 is 0.398. The number of rotatable bonds is 3. The zero-order valence-electron chi connectivity index (χ0n) is 11.8. The first kappa shape index (κ1) is 13.7. The van der Waals surface area contributed by atoms with E-state index in [1.807, 2.05) is 0 Å². The van der Waals surface area contributed by atoms with E-state index in [4.69, 9.17) is 0 Å². The standard InChI is InChI=1S/C17H20N2Se/c1-14-16(19-12-10-18-11-13-19)8-5-9-17(14)20-15-6-3-2-4-7-15/h2-9,18H,10-13H2,1H3. The van der Waals surface area contributed by atoms with E-state index in [2.05, 4.69) is 65.7 Å². The van der Waals surface area contributed by atoms with Gasteiger partial charge < -0.3 is 0 Å². The van der Waals surface area contributed by atoms with E-state index >= 15 is 0 Å². The molecule has 0 aliphatic carbocycles. The van der Waals surface area contributed by atoms with Crippen molar-refractivity contribution < 1.29 is 0 Å². The summed E-state index contributed by atoms with van der Waals surface area (Å²) in [5.74, 6) is 0. The number of hydrogen-bond donors (Lipinski definition) is 1. The molecule has 2 aromatic rings. The SMILES string of the molecule is Cc1c([Se]c2ccccc2)cccc1N1CCNCC1. The molecule has 0 aromatic heterocycles. The Hall–Kier alpha value is -1.28. The normalized spacial score (nSPS) is 15.3. The predicted octanol–water partition coefficient (Wildman–Crippen LogP) is 1.06. The summed E-state index contributed by atoms with van der Waals surface area (Å²) in [5, 5.41) is 3.42. The van der Waals surface area contributed by atoms with Crippen LogP contribution in [0.15, 0.2) is 48.5 Å². The van der Waals surface area contributed by atoms with E-state index in [0.29, 0.717) is 15.0 Å². The zero-order chi connectivity index (χ0) is 13.8. The fourth-order valence-corrected chi connectivity index (χ4v) is 4.57. The van der Waals surface area contributed by atoms with Crippen LogP contribution in [0.3, 0.4) is 0 Å². The zero-order valence-corrected chi connectivity index (χ0v) is 13.5. The van der Waals surface area contributed by atoms with Gasteiger partial charge >= 0.3 is 127 Å². The third-order valence-corrected chi connectivity index (χ3v) is 6.14. The van der Waals surface area contributed by atoms with Crippen molar-refractivity contribution in [3.05, 3.63) is 54.1 Å². The first-order valence-corrected chi connectivity index (χ1v) is 8.84. The molecular weight excluding hydrogens is 311 g/mol. The maximum absolute atomic E-state index is 3.42. The number of benzene rings is 2. The fraction of sp³-hybridized carbons (Fsp3) is 0.294. The van der Waals surface area contributed by atoms with E-state index in [9.17, 15) is 0 Å². The first-order valence-electron chi connectivity index (χ1n) is 7.13. The Morgan fingerprint density at radius 2 is 1.70 bits per heavy atom. The molecule has 3 heteroatoms. The molecule has 104 valence electrons. The third kappa shape index (κ3) is 3.06. The molecule has 2 nitrogen and oxygen atoms in total. The molecule has 0 saturated carbocycles. The molecule has 2 aromatic carbocycles. The van der Waals surface area contributed by atoms with Crippen molar-refractivity contribution >= 4 is 29.6 Å². The van der Waals surface area contributed by atoms with Crippen LogP contribution in [0.5, 0.6) is 0 Å². The number of anilines is 1. The van der Waals surface area contributed by atoms with Crippen molar-refractivity contribution in [1.29, 1.82) is 0 Å². The molecular formula is C17H20N2Se. The van der Waals surface area contributed by atoms with Crippen molar-refractivity contribution in [2.45, 2.75) is 6.92 Å². The van der Waals surface area contributed by atoms with Crippen LogP contribution in [0, 0.1) is 6.92 Å². The predicted molar refractivity (Wildman–Crippen MR) is 87.7 cm³/mol. The second kappa shape index (κ2) is 6.45. The first-order chi connectivity index (χ1) is 9.84. The van der Waals surface area contributed by atoms with E-state index < -0.39 is 0 Å². The Kier molecular flexibility index (Phi) is 4.41. The van der Waals surface area contributed by atoms with Gasteiger partial charge in [0.2, 0.25) is 0 Å². The van der Waals surface area contributed by atoms with Gasteiger partial charge in [-0.2, -0.15) is 0 Å². The van der Waals surface area contributed by atoms with Gasteiger partial charge in [0.25, 0.3) is 0 Å². The van der Waals surface area contributed by atoms with Gasteiger partial charge in [0.1, 0.15) is 0 Å². The minimum atomic E-state index is 0.398. The summed E-state index contributed by atoms with van der Waals surface area (Å²) in [6, 6.07) is 17.6. The van der Waals surface area contributed by atoms with Crippen LogP contribution < -0.4 is 19.1 Å². The van der Waals surface area contributed by atoms with Gasteiger partial charge in [-0.1, -0.05) is 0 Å². The molecule has 0 radical (unpaired) electrons. The minimum absolute atomic E-state index is 0.398. The summed E-state index contributed by atoms with van der Waals surface area (Å²) in [6.07, 6.45) is 0. The van der Waals surface area contributed by atoms with Crippen LogP contribution in [0.1, 0.15) is 5.56 Å². The van der Waals surface area contributed by atoms with Crippen LogP contribution >= 0.6 is 0 Å². The molecule has 1 aliphatic rings. The molecule has 3 rings (SSSR count). The Morgan fingerprint density at radius 1 is 0.950 bits per heavy atom. The van der Waals surface area contributed by atoms with Gasteiger partial charge in [0.05, 0.1) is 0 Å². The van der Waals surface area contributed by atoms with Crippen LogP contribution in [0.4, 0.5) is 5.69 Å². The Balaban J connectivity index is 1.85. The van der Waals surface area contributed by atoms with Gasteiger partial charge in [-0.3, -0.25) is 0 Å². The Morgan fingerprint density at radius 3 is 2.45 bits per heavy atom. The summed E-state index contributed by atoms with van der Waals surface area (Å²) in [5.41, 5.74) is 2.88. The van der Waals surface area contributed by atoms with Gasteiger partial charge in [0.15, 0.2) is 0 Å². The average Bonchev–Trinajstić information content (AvgIpc) is 2.51. The number of nitrogens with one attached hydrogen (secondary N) is 1. The van der Waals surface area contributed by atoms with E-state index in [1.54, 1.807) is 0 Å². The summed E-state index contributed by atoms with van der Waals surface area (Å²) in [7, 11) is 0. The Bertz CT molecular complexity index is 562. The third-order valence-electron chi connectivity index (χ3n) is 3.68. The average molecular weight is 331 g/mol. The van der Waals surface area contributed by atoms with Gasteiger partial charge in [-0.15, -0.1) is 0 Å². The van der Waals surface area contributed by atoms with Gasteiger partial charge in [-0.25, -0.2) is 0 Å². The molecule has 0 amide bonds. The van der Waals surface area contributed by atoms with Crippen molar-refractivity contribution in [2.75, 3.05) is 31.1 Å². The summed E-state index contributed by atoms with van der Waals surface area (Å²) < 4.78 is 2.94. The quantitative estimate of drug-likeness (QED) is 0.846. The van der Waals surface area contributed by atoms with Crippen LogP contribution in [0.2, 0.25) is 0 Å². The second-order valence-corrected chi connectivity index (χ2v) is 7.39. The van der Waals surface area contributed by atoms with Crippen LogP contribution in [0.25, 0.3) is 0 Å². The summed E-state index contributed by atoms with van der Waals surface area (Å²) in [4.78, 5) is 2.51. The van der Waals surface area contributed by atoms with Crippen molar-refractivity contribution in [3.63, 3.8) is 0 Å². The van der Waals surface area contributed by atoms with Gasteiger partial charge in [0, 0.05) is 0 Å². The maximum atomic E-state index is 3.42. The molecule has 20 heavy (non-hydrogen) atoms. The van der Waals surface area contributed by atoms with Crippen LogP contribution in [-0.4, -0.2) is 41.1 Å². The molecule has 1 saturated heterocycles. The number of piperazine rings is 1. The monoisotopic (exact) mass is 332 g/mol. The molecule has 0 unspecified atom stereocenters. The van der Waals surface area contributed by atoms with Gasteiger partial charge in [-0.05, 0) is 0 Å². The van der Waals surface area contributed by atoms with E-state index in [1.165, 1.54) is 20.2 Å². The topological polar surface area (TPSA) is 15.3 Å². The van der Waals surface area contributed by atoms with Crippen molar-refractivity contribution in [3.8, 4) is 0 Å². The van der Waals surface area contributed by atoms with E-state index in [-0.39, 0.29) is 0 Å².